The van der Waals surface area contributed by atoms with E-state index in [-0.39, 0.29) is 10.3 Å². The number of halogens is 1. The van der Waals surface area contributed by atoms with Gasteiger partial charge in [-0.05, 0) is 24.6 Å². The molecule has 0 saturated heterocycles. The van der Waals surface area contributed by atoms with E-state index < -0.39 is 11.8 Å². The van der Waals surface area contributed by atoms with E-state index in [0.29, 0.717) is 10.6 Å². The predicted octanol–water partition coefficient (Wildman–Crippen LogP) is 3.80. The molecule has 0 atom stereocenters. The van der Waals surface area contributed by atoms with Crippen molar-refractivity contribution in [2.24, 2.45) is 5.10 Å². The maximum Gasteiger partial charge on any atom is 0.329 e. The highest BCUT2D eigenvalue weighted by Crippen LogP contribution is 2.25. The number of anilines is 1. The zero-order valence-corrected chi connectivity index (χ0v) is 17.7. The molecule has 154 valence electrons. The summed E-state index contributed by atoms with van der Waals surface area (Å²) in [7, 11) is 0. The summed E-state index contributed by atoms with van der Waals surface area (Å²) in [5, 5.41) is 16.1. The number of carbonyl (C=O) groups excluding carboxylic acids is 2. The van der Waals surface area contributed by atoms with Crippen LogP contribution in [0.25, 0.3) is 21.5 Å². The van der Waals surface area contributed by atoms with Crippen molar-refractivity contribution in [1.82, 2.24) is 20.6 Å². The number of nitrogens with zero attached hydrogens (tertiary/aromatic N) is 4. The number of nitrogens with one attached hydrogen (secondary N) is 2. The number of aromatic nitrogens is 3. The van der Waals surface area contributed by atoms with E-state index >= 15 is 0 Å². The van der Waals surface area contributed by atoms with Crippen LogP contribution in [0.5, 0.6) is 0 Å². The molecule has 0 saturated carbocycles. The maximum atomic E-state index is 12.1. The predicted molar refractivity (Wildman–Crippen MR) is 121 cm³/mol. The second kappa shape index (κ2) is 8.99. The van der Waals surface area contributed by atoms with Gasteiger partial charge in [0.15, 0.2) is 0 Å². The van der Waals surface area contributed by atoms with Gasteiger partial charge in [-0.15, -0.1) is 10.2 Å². The summed E-state index contributed by atoms with van der Waals surface area (Å²) in [5.74, 6) is -1.86. The highest BCUT2D eigenvalue weighted by Gasteiger charge is 2.16. The van der Waals surface area contributed by atoms with E-state index in [1.54, 1.807) is 6.07 Å². The Morgan fingerprint density at radius 2 is 1.87 bits per heavy atom. The molecule has 0 aliphatic carbocycles. The number of carbonyl (C=O) groups is 2. The Morgan fingerprint density at radius 3 is 2.68 bits per heavy atom. The van der Waals surface area contributed by atoms with Crippen molar-refractivity contribution >= 4 is 57.0 Å². The van der Waals surface area contributed by atoms with Crippen LogP contribution < -0.4 is 10.7 Å². The van der Waals surface area contributed by atoms with Crippen LogP contribution >= 0.6 is 22.9 Å². The zero-order chi connectivity index (χ0) is 21.8. The van der Waals surface area contributed by atoms with Gasteiger partial charge in [0.25, 0.3) is 0 Å². The zero-order valence-electron chi connectivity index (χ0n) is 16.2. The van der Waals surface area contributed by atoms with Crippen molar-refractivity contribution in [3.63, 3.8) is 0 Å². The molecule has 0 bridgehead atoms. The van der Waals surface area contributed by atoms with Gasteiger partial charge in [-0.2, -0.15) is 5.10 Å². The minimum Gasteiger partial charge on any atom is -0.292 e. The fourth-order valence-corrected chi connectivity index (χ4v) is 3.64. The second-order valence-electron chi connectivity index (χ2n) is 6.50. The van der Waals surface area contributed by atoms with E-state index in [1.165, 1.54) is 6.21 Å². The van der Waals surface area contributed by atoms with Gasteiger partial charge >= 0.3 is 11.8 Å². The van der Waals surface area contributed by atoms with Crippen molar-refractivity contribution in [3.8, 4) is 10.6 Å². The van der Waals surface area contributed by atoms with Crippen molar-refractivity contribution < 1.29 is 9.59 Å². The van der Waals surface area contributed by atoms with Crippen LogP contribution in [-0.2, 0) is 9.59 Å². The molecule has 8 nitrogen and oxygen atoms in total. The van der Waals surface area contributed by atoms with Gasteiger partial charge < -0.3 is 0 Å². The van der Waals surface area contributed by atoms with Crippen LogP contribution in [0.3, 0.4) is 0 Å². The van der Waals surface area contributed by atoms with Crippen molar-refractivity contribution in [3.05, 3.63) is 70.9 Å². The Balaban J connectivity index is 1.38. The number of amides is 2. The van der Waals surface area contributed by atoms with Gasteiger partial charge in [0.2, 0.25) is 5.13 Å². The fraction of sp³-hybridized carbons (Fsp3) is 0.0476. The first-order valence-corrected chi connectivity index (χ1v) is 10.3. The van der Waals surface area contributed by atoms with E-state index in [9.17, 15) is 9.59 Å². The molecule has 0 aliphatic heterocycles. The Labute approximate surface area is 186 Å². The second-order valence-corrected chi connectivity index (χ2v) is 7.83. The largest absolute Gasteiger partial charge is 0.329 e. The van der Waals surface area contributed by atoms with Gasteiger partial charge in [-0.25, -0.2) is 10.4 Å². The molecule has 2 amide bonds. The van der Waals surface area contributed by atoms with Gasteiger partial charge in [0.05, 0.1) is 11.7 Å². The molecule has 4 aromatic rings. The smallest absolute Gasteiger partial charge is 0.292 e. The summed E-state index contributed by atoms with van der Waals surface area (Å²) in [4.78, 5) is 28.4. The third-order valence-electron chi connectivity index (χ3n) is 4.20. The summed E-state index contributed by atoms with van der Waals surface area (Å²) in [6, 6.07) is 17.0. The maximum absolute atomic E-state index is 12.1. The molecule has 2 aromatic heterocycles. The fourth-order valence-electron chi connectivity index (χ4n) is 2.70. The molecule has 2 aromatic carbocycles. The third-order valence-corrected chi connectivity index (χ3v) is 5.39. The molecule has 2 heterocycles. The van der Waals surface area contributed by atoms with Crippen LogP contribution in [0.1, 0.15) is 11.1 Å². The van der Waals surface area contributed by atoms with Crippen molar-refractivity contribution in [2.45, 2.75) is 6.92 Å². The van der Waals surface area contributed by atoms with E-state index in [2.05, 4.69) is 31.0 Å². The topological polar surface area (TPSA) is 109 Å². The monoisotopic (exact) mass is 450 g/mol. The van der Waals surface area contributed by atoms with E-state index in [0.717, 1.165) is 33.4 Å². The Bertz CT molecular complexity index is 1310. The molecule has 0 radical (unpaired) electrons. The quantitative estimate of drug-likeness (QED) is 0.213. The number of benzene rings is 2. The molecule has 31 heavy (non-hydrogen) atoms. The van der Waals surface area contributed by atoms with E-state index in [1.807, 2.05) is 55.5 Å². The Morgan fingerprint density at radius 1 is 1.06 bits per heavy atom. The molecular formula is C21H15ClN6O2S. The van der Waals surface area contributed by atoms with Gasteiger partial charge in [-0.1, -0.05) is 65.4 Å². The van der Waals surface area contributed by atoms with E-state index in [4.69, 9.17) is 11.6 Å². The third kappa shape index (κ3) is 4.90. The average molecular weight is 451 g/mol. The number of hydrogen-bond acceptors (Lipinski definition) is 7. The van der Waals surface area contributed by atoms with Crippen LogP contribution in [-0.4, -0.2) is 33.2 Å². The van der Waals surface area contributed by atoms with Crippen molar-refractivity contribution in [2.75, 3.05) is 5.32 Å². The normalized spacial score (nSPS) is 11.0. The van der Waals surface area contributed by atoms with Crippen LogP contribution in [0.15, 0.2) is 59.7 Å². The summed E-state index contributed by atoms with van der Waals surface area (Å²) in [5.41, 5.74) is 5.37. The van der Waals surface area contributed by atoms with Gasteiger partial charge in [-0.3, -0.25) is 14.9 Å². The summed E-state index contributed by atoms with van der Waals surface area (Å²) in [6.07, 6.45) is 1.33. The summed E-state index contributed by atoms with van der Waals surface area (Å²) < 4.78 is 0. The molecule has 4 rings (SSSR count). The van der Waals surface area contributed by atoms with Crippen LogP contribution in [0, 0.1) is 6.92 Å². The molecule has 0 fully saturated rings. The number of rotatable bonds is 4. The lowest BCUT2D eigenvalue weighted by molar-refractivity contribution is -0.136. The summed E-state index contributed by atoms with van der Waals surface area (Å²) >= 11 is 7.34. The SMILES string of the molecule is Cc1ccc2cc(/C=N\NC(=O)C(=O)Nc3nnc(-c4ccccc4)s3)c(Cl)nc2c1. The molecule has 0 aliphatic rings. The highest BCUT2D eigenvalue weighted by molar-refractivity contribution is 7.18. The minimum atomic E-state index is -0.951. The minimum absolute atomic E-state index is 0.208. The molecule has 10 heteroatoms. The molecule has 0 spiro atoms. The standard InChI is InChI=1S/C21H15ClN6O2S/c1-12-7-8-14-10-15(17(22)24-16(14)9-12)11-23-26-19(30)18(29)25-21-28-27-20(31-21)13-5-3-2-4-6-13/h2-11H,1H3,(H,26,30)(H,25,28,29)/b23-11-. The lowest BCUT2D eigenvalue weighted by atomic mass is 10.1. The number of fused-ring (bicyclic) bond motifs is 1. The van der Waals surface area contributed by atoms with Gasteiger partial charge in [0.1, 0.15) is 10.2 Å². The first-order valence-electron chi connectivity index (χ1n) is 9.10. The van der Waals surface area contributed by atoms with Crippen molar-refractivity contribution in [1.29, 1.82) is 0 Å². The summed E-state index contributed by atoms with van der Waals surface area (Å²) in [6.45, 7) is 1.97. The highest BCUT2D eigenvalue weighted by atomic mass is 35.5. The molecular weight excluding hydrogens is 436 g/mol. The average Bonchev–Trinajstić information content (AvgIpc) is 3.23. The number of aryl methyl sites for hydroxylation is 1. The lowest BCUT2D eigenvalue weighted by Crippen LogP contribution is -2.32. The Kier molecular flexibility index (Phi) is 5.96. The molecule has 2 N–H and O–H groups in total. The molecule has 0 unspecified atom stereocenters. The Hall–Kier alpha value is -3.69. The lowest BCUT2D eigenvalue weighted by Gasteiger charge is -2.03. The first-order chi connectivity index (χ1) is 15.0. The number of pyridine rings is 1. The number of hydrazone groups is 1. The van der Waals surface area contributed by atoms with Crippen LogP contribution in [0.4, 0.5) is 5.13 Å². The number of hydrogen-bond donors (Lipinski definition) is 2. The van der Waals surface area contributed by atoms with Gasteiger partial charge in [0, 0.05) is 16.5 Å². The first kappa shape index (κ1) is 20.6. The van der Waals surface area contributed by atoms with Crippen LogP contribution in [0.2, 0.25) is 5.15 Å².